The lowest BCUT2D eigenvalue weighted by atomic mass is 9.85. The molecule has 4 rings (SSSR count). The van der Waals surface area contributed by atoms with Gasteiger partial charge in [0, 0.05) is 41.5 Å². The maximum atomic E-state index is 13.3. The van der Waals surface area contributed by atoms with Crippen LogP contribution in [-0.4, -0.2) is 60.7 Å². The summed E-state index contributed by atoms with van der Waals surface area (Å²) in [4.78, 5) is 38.8. The predicted octanol–water partition coefficient (Wildman–Crippen LogP) is 5.14. The molecule has 42 heavy (non-hydrogen) atoms. The topological polar surface area (TPSA) is 111 Å². The van der Waals surface area contributed by atoms with Crippen LogP contribution in [0.3, 0.4) is 0 Å². The zero-order chi connectivity index (χ0) is 30.1. The summed E-state index contributed by atoms with van der Waals surface area (Å²) in [6, 6.07) is 12.9. The molecule has 1 N–H and O–H groups in total. The summed E-state index contributed by atoms with van der Waals surface area (Å²) in [5.41, 5.74) is 2.03. The summed E-state index contributed by atoms with van der Waals surface area (Å²) >= 11 is 1.39. The molecule has 1 atom stereocenters. The summed E-state index contributed by atoms with van der Waals surface area (Å²) < 4.78 is 13.7. The van der Waals surface area contributed by atoms with E-state index in [9.17, 15) is 19.7 Å². The average molecular weight is 594 g/mol. The quantitative estimate of drug-likeness (QED) is 0.140. The predicted molar refractivity (Wildman–Crippen MR) is 162 cm³/mol. The molecule has 0 radical (unpaired) electrons. The maximum Gasteiger partial charge on any atom is 0.305 e. The number of nitro groups is 1. The number of hydrogen-bond donors (Lipinski definition) is 1. The van der Waals surface area contributed by atoms with Crippen molar-refractivity contribution < 1.29 is 24.0 Å². The van der Waals surface area contributed by atoms with Crippen LogP contribution in [0, 0.1) is 33.8 Å². The van der Waals surface area contributed by atoms with Crippen molar-refractivity contribution in [2.75, 3.05) is 26.9 Å². The fourth-order valence-electron chi connectivity index (χ4n) is 5.37. The lowest BCUT2D eigenvalue weighted by Gasteiger charge is -2.41. The van der Waals surface area contributed by atoms with E-state index in [1.54, 1.807) is 12.1 Å². The zero-order valence-corrected chi connectivity index (χ0v) is 25.3. The van der Waals surface area contributed by atoms with Crippen molar-refractivity contribution in [1.82, 2.24) is 9.62 Å². The Kier molecular flexibility index (Phi) is 11.4. The Hall–Kier alpha value is -3.39. The van der Waals surface area contributed by atoms with Crippen molar-refractivity contribution in [1.29, 1.82) is 0 Å². The molecule has 1 saturated heterocycles. The number of morpholine rings is 1. The molecule has 1 aliphatic carbocycles. The number of carbonyl (C=O) groups excluding carboxylic acids is 2. The third-order valence-corrected chi connectivity index (χ3v) is 8.89. The molecule has 0 aromatic heterocycles. The van der Waals surface area contributed by atoms with E-state index < -0.39 is 4.92 Å². The third kappa shape index (κ3) is 8.57. The van der Waals surface area contributed by atoms with Crippen LogP contribution >= 0.6 is 11.9 Å². The molecule has 1 aliphatic heterocycles. The highest BCUT2D eigenvalue weighted by Crippen LogP contribution is 2.31. The normalized spacial score (nSPS) is 20.5. The number of esters is 1. The number of methoxy groups -OCH3 is 1. The van der Waals surface area contributed by atoms with Crippen molar-refractivity contribution in [2.45, 2.75) is 69.4 Å². The number of ether oxygens (including phenoxy) is 2. The van der Waals surface area contributed by atoms with Crippen molar-refractivity contribution in [2.24, 2.45) is 11.8 Å². The molecule has 0 spiro atoms. The first-order valence-corrected chi connectivity index (χ1v) is 15.3. The minimum Gasteiger partial charge on any atom is -0.469 e. The summed E-state index contributed by atoms with van der Waals surface area (Å²) in [5, 5.41) is 11.8. The largest absolute Gasteiger partial charge is 0.469 e. The molecule has 1 unspecified atom stereocenters. The molecule has 0 bridgehead atoms. The molecule has 2 fully saturated rings. The van der Waals surface area contributed by atoms with Gasteiger partial charge in [0.25, 0.3) is 5.69 Å². The van der Waals surface area contributed by atoms with Crippen molar-refractivity contribution in [3.8, 4) is 11.8 Å². The average Bonchev–Trinajstić information content (AvgIpc) is 3.02. The van der Waals surface area contributed by atoms with Crippen molar-refractivity contribution >= 4 is 29.5 Å². The zero-order valence-electron chi connectivity index (χ0n) is 24.5. The molecule has 10 heteroatoms. The Morgan fingerprint density at radius 1 is 1.14 bits per heavy atom. The van der Waals surface area contributed by atoms with Gasteiger partial charge in [0.15, 0.2) is 0 Å². The number of nitrogens with one attached hydrogen (secondary N) is 1. The number of rotatable bonds is 9. The standard InChI is InChI=1S/C32H39N3O6S/c1-22(2)30-21-41-19-18-34(30)32(37)26-11-14-27(15-12-26)33-42-28-16-13-25(29(20-28)35(38)39)10-8-23-4-6-24(7-5-23)9-17-31(36)40-3/h4-7,13,16,20,22,26-27,30,33H,9,11-12,14-15,17-19,21H2,1-3H3. The van der Waals surface area contributed by atoms with E-state index >= 15 is 0 Å². The summed E-state index contributed by atoms with van der Waals surface area (Å²) in [6.45, 7) is 6.15. The smallest absolute Gasteiger partial charge is 0.305 e. The van der Waals surface area contributed by atoms with Gasteiger partial charge in [-0.05, 0) is 79.8 Å². The molecule has 2 aromatic carbocycles. The lowest BCUT2D eigenvalue weighted by molar-refractivity contribution is -0.385. The first-order valence-electron chi connectivity index (χ1n) is 14.5. The first-order chi connectivity index (χ1) is 20.2. The van der Waals surface area contributed by atoms with Gasteiger partial charge in [-0.15, -0.1) is 0 Å². The fourth-order valence-corrected chi connectivity index (χ4v) is 6.21. The number of benzene rings is 2. The Bertz CT molecular complexity index is 1310. The van der Waals surface area contributed by atoms with Crippen LogP contribution in [0.4, 0.5) is 5.69 Å². The van der Waals surface area contributed by atoms with Crippen LogP contribution < -0.4 is 4.72 Å². The van der Waals surface area contributed by atoms with Gasteiger partial charge in [-0.3, -0.25) is 24.4 Å². The van der Waals surface area contributed by atoms with Gasteiger partial charge in [-0.1, -0.05) is 37.8 Å². The van der Waals surface area contributed by atoms with E-state index in [4.69, 9.17) is 4.74 Å². The summed E-state index contributed by atoms with van der Waals surface area (Å²) in [5.74, 6) is 6.34. The van der Waals surface area contributed by atoms with E-state index in [0.29, 0.717) is 44.1 Å². The highest BCUT2D eigenvalue weighted by molar-refractivity contribution is 7.97. The molecule has 224 valence electrons. The number of nitrogens with zero attached hydrogens (tertiary/aromatic N) is 2. The van der Waals surface area contributed by atoms with Gasteiger partial charge in [0.05, 0.1) is 31.3 Å². The van der Waals surface area contributed by atoms with Crippen LogP contribution in [-0.2, 0) is 25.5 Å². The molecule has 1 amide bonds. The number of hydrogen-bond acceptors (Lipinski definition) is 8. The fraction of sp³-hybridized carbons (Fsp3) is 0.500. The van der Waals surface area contributed by atoms with Crippen LogP contribution in [0.25, 0.3) is 0 Å². The van der Waals surface area contributed by atoms with E-state index in [1.165, 1.54) is 19.1 Å². The van der Waals surface area contributed by atoms with Gasteiger partial charge in [-0.2, -0.15) is 0 Å². The first kappa shape index (κ1) is 31.5. The molecule has 1 heterocycles. The molecule has 2 aliphatic rings. The molecule has 9 nitrogen and oxygen atoms in total. The minimum atomic E-state index is -0.406. The molecular weight excluding hydrogens is 554 g/mol. The molecule has 2 aromatic rings. The van der Waals surface area contributed by atoms with Crippen molar-refractivity contribution in [3.63, 3.8) is 0 Å². The van der Waals surface area contributed by atoms with Crippen LogP contribution in [0.1, 0.15) is 62.6 Å². The van der Waals surface area contributed by atoms with E-state index in [0.717, 1.165) is 41.7 Å². The van der Waals surface area contributed by atoms with Crippen LogP contribution in [0.5, 0.6) is 0 Å². The summed E-state index contributed by atoms with van der Waals surface area (Å²) in [6.07, 6.45) is 4.31. The summed E-state index contributed by atoms with van der Waals surface area (Å²) in [7, 11) is 1.37. The monoisotopic (exact) mass is 593 g/mol. The molecule has 1 saturated carbocycles. The Labute approximate surface area is 252 Å². The number of aryl methyl sites for hydroxylation is 1. The van der Waals surface area contributed by atoms with Crippen LogP contribution in [0.2, 0.25) is 0 Å². The van der Waals surface area contributed by atoms with Crippen molar-refractivity contribution in [3.05, 3.63) is 69.3 Å². The third-order valence-electron chi connectivity index (χ3n) is 7.94. The Morgan fingerprint density at radius 3 is 2.55 bits per heavy atom. The highest BCUT2D eigenvalue weighted by Gasteiger charge is 2.35. The van der Waals surface area contributed by atoms with E-state index in [1.807, 2.05) is 35.2 Å². The second-order valence-electron chi connectivity index (χ2n) is 11.1. The van der Waals surface area contributed by atoms with Gasteiger partial charge >= 0.3 is 5.97 Å². The Balaban J connectivity index is 1.30. The maximum absolute atomic E-state index is 13.3. The lowest BCUT2D eigenvalue weighted by Crippen LogP contribution is -2.53. The number of amides is 1. The highest BCUT2D eigenvalue weighted by atomic mass is 32.2. The Morgan fingerprint density at radius 2 is 1.88 bits per heavy atom. The van der Waals surface area contributed by atoms with Crippen LogP contribution in [0.15, 0.2) is 47.4 Å². The van der Waals surface area contributed by atoms with Gasteiger partial charge in [0.1, 0.15) is 5.56 Å². The SMILES string of the molecule is COC(=O)CCc1ccc(C#Cc2ccc(SNC3CCC(C(=O)N4CCOCC4C(C)C)CC3)cc2[N+](=O)[O-])cc1. The minimum absolute atomic E-state index is 0.0384. The van der Waals surface area contributed by atoms with Gasteiger partial charge < -0.3 is 14.4 Å². The number of carbonyl (C=O) groups is 2. The second-order valence-corrected chi connectivity index (χ2v) is 12.1. The molecular formula is C32H39N3O6S. The van der Waals surface area contributed by atoms with Gasteiger partial charge in [0.2, 0.25) is 5.91 Å². The van der Waals surface area contributed by atoms with E-state index in [-0.39, 0.29) is 35.6 Å². The second kappa shape index (κ2) is 15.2. The van der Waals surface area contributed by atoms with E-state index in [2.05, 4.69) is 35.1 Å². The number of nitro benzene ring substituents is 1. The van der Waals surface area contributed by atoms with Gasteiger partial charge in [-0.25, -0.2) is 0 Å².